The summed E-state index contributed by atoms with van der Waals surface area (Å²) in [5, 5.41) is 2.98. The zero-order valence-electron chi connectivity index (χ0n) is 15.0. The zero-order valence-corrected chi connectivity index (χ0v) is 15.8. The minimum atomic E-state index is -3.52. The van der Waals surface area contributed by atoms with Crippen LogP contribution in [0.3, 0.4) is 0 Å². The first-order chi connectivity index (χ1) is 11.9. The summed E-state index contributed by atoms with van der Waals surface area (Å²) in [5.41, 5.74) is 0. The van der Waals surface area contributed by atoms with E-state index in [0.29, 0.717) is 5.75 Å². The van der Waals surface area contributed by atoms with Crippen LogP contribution in [0.1, 0.15) is 52.4 Å². The molecule has 1 aliphatic carbocycles. The molecule has 7 heteroatoms. The Kier molecular flexibility index (Phi) is 7.25. The molecule has 1 aromatic rings. The molecule has 0 unspecified atom stereocenters. The summed E-state index contributed by atoms with van der Waals surface area (Å²) in [6.45, 7) is 3.68. The standard InChI is InChI=1S/C18H28N2O4S/c1-3-14(2)20-25(22,23)17-11-9-16(10-12-17)24-13-18(21)19-15-7-5-4-6-8-15/h9-12,14-15,20H,3-8,13H2,1-2H3,(H,19,21)/t14-/m1/s1. The van der Waals surface area contributed by atoms with Gasteiger partial charge in [-0.05, 0) is 50.5 Å². The van der Waals surface area contributed by atoms with Gasteiger partial charge in [0.2, 0.25) is 10.0 Å². The molecule has 1 aliphatic rings. The van der Waals surface area contributed by atoms with E-state index in [0.717, 1.165) is 32.1 Å². The first kappa shape index (κ1) is 19.7. The third kappa shape index (κ3) is 6.32. The van der Waals surface area contributed by atoms with Crippen molar-refractivity contribution in [3.8, 4) is 5.75 Å². The maximum atomic E-state index is 12.2. The van der Waals surface area contributed by atoms with Crippen molar-refractivity contribution in [2.75, 3.05) is 6.61 Å². The van der Waals surface area contributed by atoms with Gasteiger partial charge in [-0.25, -0.2) is 13.1 Å². The van der Waals surface area contributed by atoms with Gasteiger partial charge in [-0.1, -0.05) is 26.2 Å². The Morgan fingerprint density at radius 3 is 2.44 bits per heavy atom. The van der Waals surface area contributed by atoms with Crippen molar-refractivity contribution < 1.29 is 17.9 Å². The molecule has 0 heterocycles. The molecule has 0 saturated heterocycles. The summed E-state index contributed by atoms with van der Waals surface area (Å²) in [6.07, 6.45) is 6.34. The Morgan fingerprint density at radius 2 is 1.84 bits per heavy atom. The normalized spacial score (nSPS) is 17.0. The smallest absolute Gasteiger partial charge is 0.258 e. The van der Waals surface area contributed by atoms with Crippen molar-refractivity contribution in [3.63, 3.8) is 0 Å². The molecule has 0 aromatic heterocycles. The molecule has 25 heavy (non-hydrogen) atoms. The molecule has 1 amide bonds. The van der Waals surface area contributed by atoms with Gasteiger partial charge in [-0.3, -0.25) is 4.79 Å². The highest BCUT2D eigenvalue weighted by atomic mass is 32.2. The zero-order chi connectivity index (χ0) is 18.3. The number of ether oxygens (including phenoxy) is 1. The van der Waals surface area contributed by atoms with Crippen LogP contribution in [-0.2, 0) is 14.8 Å². The maximum absolute atomic E-state index is 12.2. The number of rotatable bonds is 8. The monoisotopic (exact) mass is 368 g/mol. The van der Waals surface area contributed by atoms with Gasteiger partial charge in [0.25, 0.3) is 5.91 Å². The molecular weight excluding hydrogens is 340 g/mol. The number of amides is 1. The third-order valence-electron chi connectivity index (χ3n) is 4.44. The van der Waals surface area contributed by atoms with Gasteiger partial charge in [0.15, 0.2) is 6.61 Å². The topological polar surface area (TPSA) is 84.5 Å². The van der Waals surface area contributed by atoms with Gasteiger partial charge in [0.05, 0.1) is 4.90 Å². The molecule has 2 N–H and O–H groups in total. The van der Waals surface area contributed by atoms with E-state index in [4.69, 9.17) is 4.74 Å². The fraction of sp³-hybridized carbons (Fsp3) is 0.611. The average Bonchev–Trinajstić information content (AvgIpc) is 2.61. The number of nitrogens with one attached hydrogen (secondary N) is 2. The Balaban J connectivity index is 1.84. The molecule has 0 radical (unpaired) electrons. The summed E-state index contributed by atoms with van der Waals surface area (Å²) >= 11 is 0. The molecule has 0 spiro atoms. The van der Waals surface area contributed by atoms with Crippen molar-refractivity contribution in [1.82, 2.24) is 10.0 Å². The van der Waals surface area contributed by atoms with Crippen LogP contribution < -0.4 is 14.8 Å². The molecule has 2 rings (SSSR count). The lowest BCUT2D eigenvalue weighted by molar-refractivity contribution is -0.124. The second-order valence-electron chi connectivity index (χ2n) is 6.59. The molecular formula is C18H28N2O4S. The van der Waals surface area contributed by atoms with Crippen molar-refractivity contribution in [3.05, 3.63) is 24.3 Å². The molecule has 1 aromatic carbocycles. The van der Waals surface area contributed by atoms with E-state index in [1.54, 1.807) is 12.1 Å². The largest absolute Gasteiger partial charge is 0.484 e. The Labute approximate surface area is 150 Å². The number of benzene rings is 1. The van der Waals surface area contributed by atoms with Gasteiger partial charge in [-0.15, -0.1) is 0 Å². The van der Waals surface area contributed by atoms with Crippen LogP contribution in [0.15, 0.2) is 29.2 Å². The lowest BCUT2D eigenvalue weighted by atomic mass is 9.95. The lowest BCUT2D eigenvalue weighted by Crippen LogP contribution is -2.38. The highest BCUT2D eigenvalue weighted by molar-refractivity contribution is 7.89. The highest BCUT2D eigenvalue weighted by Gasteiger charge is 2.17. The van der Waals surface area contributed by atoms with Gasteiger partial charge in [0.1, 0.15) is 5.75 Å². The van der Waals surface area contributed by atoms with Gasteiger partial charge in [-0.2, -0.15) is 0 Å². The van der Waals surface area contributed by atoms with E-state index in [2.05, 4.69) is 10.0 Å². The van der Waals surface area contributed by atoms with E-state index in [9.17, 15) is 13.2 Å². The quantitative estimate of drug-likeness (QED) is 0.739. The fourth-order valence-corrected chi connectivity index (χ4v) is 4.12. The number of hydrogen-bond acceptors (Lipinski definition) is 4. The van der Waals surface area contributed by atoms with Crippen LogP contribution in [-0.4, -0.2) is 33.0 Å². The summed E-state index contributed by atoms with van der Waals surface area (Å²) in [7, 11) is -3.52. The van der Waals surface area contributed by atoms with Gasteiger partial charge < -0.3 is 10.1 Å². The fourth-order valence-electron chi connectivity index (χ4n) is 2.80. The van der Waals surface area contributed by atoms with Gasteiger partial charge >= 0.3 is 0 Å². The molecule has 1 saturated carbocycles. The van der Waals surface area contributed by atoms with E-state index >= 15 is 0 Å². The van der Waals surface area contributed by atoms with E-state index < -0.39 is 10.0 Å². The number of carbonyl (C=O) groups is 1. The number of carbonyl (C=O) groups excluding carboxylic acids is 1. The summed E-state index contributed by atoms with van der Waals surface area (Å²) in [4.78, 5) is 12.1. The third-order valence-corrected chi connectivity index (χ3v) is 6.05. The summed E-state index contributed by atoms with van der Waals surface area (Å²) in [5.74, 6) is 0.336. The van der Waals surface area contributed by atoms with Crippen molar-refractivity contribution in [2.24, 2.45) is 0 Å². The predicted octanol–water partition coefficient (Wildman–Crippen LogP) is 2.59. The van der Waals surface area contributed by atoms with Gasteiger partial charge in [0, 0.05) is 12.1 Å². The van der Waals surface area contributed by atoms with Crippen molar-refractivity contribution >= 4 is 15.9 Å². The Morgan fingerprint density at radius 1 is 1.20 bits per heavy atom. The van der Waals surface area contributed by atoms with E-state index in [1.807, 2.05) is 13.8 Å². The molecule has 1 fully saturated rings. The van der Waals surface area contributed by atoms with Crippen LogP contribution in [0, 0.1) is 0 Å². The van der Waals surface area contributed by atoms with Crippen molar-refractivity contribution in [2.45, 2.75) is 69.4 Å². The maximum Gasteiger partial charge on any atom is 0.258 e. The first-order valence-electron chi connectivity index (χ1n) is 8.95. The van der Waals surface area contributed by atoms with Crippen LogP contribution in [0.4, 0.5) is 0 Å². The Bertz CT molecular complexity index is 652. The molecule has 1 atom stereocenters. The van der Waals surface area contributed by atoms with E-state index in [-0.39, 0.29) is 29.5 Å². The summed E-state index contributed by atoms with van der Waals surface area (Å²) < 4.78 is 32.4. The minimum absolute atomic E-state index is 0.0618. The molecule has 0 bridgehead atoms. The second kappa shape index (κ2) is 9.20. The molecule has 6 nitrogen and oxygen atoms in total. The number of sulfonamides is 1. The lowest BCUT2D eigenvalue weighted by Gasteiger charge is -2.22. The van der Waals surface area contributed by atoms with Crippen LogP contribution >= 0.6 is 0 Å². The summed E-state index contributed by atoms with van der Waals surface area (Å²) in [6, 6.07) is 6.24. The number of hydrogen-bond donors (Lipinski definition) is 2. The van der Waals surface area contributed by atoms with Crippen LogP contribution in [0.2, 0.25) is 0 Å². The SMILES string of the molecule is CC[C@@H](C)NS(=O)(=O)c1ccc(OCC(=O)NC2CCCCC2)cc1. The highest BCUT2D eigenvalue weighted by Crippen LogP contribution is 2.18. The first-order valence-corrected chi connectivity index (χ1v) is 10.4. The average molecular weight is 368 g/mol. The molecule has 140 valence electrons. The Hall–Kier alpha value is -1.60. The van der Waals surface area contributed by atoms with Crippen LogP contribution in [0.25, 0.3) is 0 Å². The predicted molar refractivity (Wildman–Crippen MR) is 97.0 cm³/mol. The second-order valence-corrected chi connectivity index (χ2v) is 8.31. The molecule has 0 aliphatic heterocycles. The van der Waals surface area contributed by atoms with Crippen LogP contribution in [0.5, 0.6) is 5.75 Å². The van der Waals surface area contributed by atoms with Crippen molar-refractivity contribution in [1.29, 1.82) is 0 Å². The minimum Gasteiger partial charge on any atom is -0.484 e. The van der Waals surface area contributed by atoms with E-state index in [1.165, 1.54) is 18.6 Å².